The van der Waals surface area contributed by atoms with Crippen LogP contribution in [0.2, 0.25) is 0 Å². The van der Waals surface area contributed by atoms with E-state index in [0.717, 1.165) is 0 Å². The number of primary amides is 1. The van der Waals surface area contributed by atoms with Crippen LogP contribution in [0.15, 0.2) is 12.5 Å². The molecule has 1 aliphatic heterocycles. The number of aliphatic carboxylic acids is 1. The number of carbonyl (C=O) groups excluding carboxylic acids is 4. The number of carboxylic acid groups (broad SMARTS) is 1. The van der Waals surface area contributed by atoms with Gasteiger partial charge in [-0.2, -0.15) is 12.6 Å². The smallest absolute Gasteiger partial charge is 0.326 e. The number of carboxylic acids is 1. The molecule has 13 nitrogen and oxygen atoms in total. The van der Waals surface area contributed by atoms with Gasteiger partial charge in [0, 0.05) is 37.0 Å². The zero-order valence-electron chi connectivity index (χ0n) is 17.9. The van der Waals surface area contributed by atoms with Crippen molar-refractivity contribution in [2.75, 3.05) is 12.3 Å². The molecular formula is C19H29N7O6S. The van der Waals surface area contributed by atoms with Crippen molar-refractivity contribution in [1.29, 1.82) is 0 Å². The SMILES string of the molecule is NC(=O)CCC(NC(=O)C(Cc1cnc[nH]1)NC(=O)C1CCCN1C(=O)C(N)CS)C(=O)O. The fourth-order valence-electron chi connectivity index (χ4n) is 3.50. The molecule has 1 fully saturated rings. The number of nitrogens with one attached hydrogen (secondary N) is 3. The number of aromatic nitrogens is 2. The van der Waals surface area contributed by atoms with Crippen molar-refractivity contribution in [3.8, 4) is 0 Å². The summed E-state index contributed by atoms with van der Waals surface area (Å²) in [6, 6.07) is -4.20. The number of amides is 4. The van der Waals surface area contributed by atoms with Crippen LogP contribution >= 0.6 is 12.6 Å². The van der Waals surface area contributed by atoms with E-state index in [9.17, 15) is 29.1 Å². The molecule has 4 atom stereocenters. The summed E-state index contributed by atoms with van der Waals surface area (Å²) in [4.78, 5) is 69.0. The quantitative estimate of drug-likeness (QED) is 0.158. The lowest BCUT2D eigenvalue weighted by atomic mass is 10.1. The van der Waals surface area contributed by atoms with Gasteiger partial charge in [-0.25, -0.2) is 9.78 Å². The number of hydrogen-bond donors (Lipinski definition) is 7. The van der Waals surface area contributed by atoms with Crippen LogP contribution in [0.25, 0.3) is 0 Å². The minimum Gasteiger partial charge on any atom is -0.480 e. The predicted octanol–water partition coefficient (Wildman–Crippen LogP) is -2.48. The van der Waals surface area contributed by atoms with Gasteiger partial charge in [0.2, 0.25) is 23.6 Å². The maximum Gasteiger partial charge on any atom is 0.326 e. The van der Waals surface area contributed by atoms with E-state index in [1.54, 1.807) is 0 Å². The molecule has 0 bridgehead atoms. The molecule has 0 saturated carbocycles. The van der Waals surface area contributed by atoms with E-state index >= 15 is 0 Å². The Balaban J connectivity index is 2.15. The zero-order valence-corrected chi connectivity index (χ0v) is 18.8. The van der Waals surface area contributed by atoms with Gasteiger partial charge in [0.1, 0.15) is 18.1 Å². The standard InChI is InChI=1S/C19H29N7O6S/c20-11(8-33)18(30)26-5-1-2-14(26)17(29)25-13(6-10-7-22-9-23-10)16(28)24-12(19(31)32)3-4-15(21)27/h7,9,11-14,33H,1-6,8,20H2,(H2,21,27)(H,22,23)(H,24,28)(H,25,29)(H,31,32). The number of rotatable bonds is 12. The number of H-pyrrole nitrogens is 1. The van der Waals surface area contributed by atoms with Crippen LogP contribution < -0.4 is 22.1 Å². The van der Waals surface area contributed by atoms with Crippen LogP contribution in [0.3, 0.4) is 0 Å². The Morgan fingerprint density at radius 1 is 1.27 bits per heavy atom. The Bertz CT molecular complexity index is 865. The molecule has 2 rings (SSSR count). The van der Waals surface area contributed by atoms with E-state index in [2.05, 4.69) is 33.2 Å². The second kappa shape index (κ2) is 12.2. The lowest BCUT2D eigenvalue weighted by molar-refractivity contribution is -0.143. The molecule has 2 heterocycles. The summed E-state index contributed by atoms with van der Waals surface area (Å²) in [7, 11) is 0. The van der Waals surface area contributed by atoms with Crippen LogP contribution in [0, 0.1) is 0 Å². The maximum atomic E-state index is 13.0. The summed E-state index contributed by atoms with van der Waals surface area (Å²) in [5.41, 5.74) is 11.4. The molecule has 14 heteroatoms. The number of imidazole rings is 1. The van der Waals surface area contributed by atoms with Crippen molar-refractivity contribution in [3.05, 3.63) is 18.2 Å². The molecule has 0 spiro atoms. The number of nitrogens with two attached hydrogens (primary N) is 2. The highest BCUT2D eigenvalue weighted by Gasteiger charge is 2.37. The molecule has 0 aliphatic carbocycles. The topological polar surface area (TPSA) is 214 Å². The third-order valence-electron chi connectivity index (χ3n) is 5.26. The fraction of sp³-hybridized carbons (Fsp3) is 0.579. The van der Waals surface area contributed by atoms with Gasteiger partial charge < -0.3 is 37.1 Å². The number of aromatic amines is 1. The third-order valence-corrected chi connectivity index (χ3v) is 5.65. The fourth-order valence-corrected chi connectivity index (χ4v) is 3.66. The van der Waals surface area contributed by atoms with Gasteiger partial charge in [-0.1, -0.05) is 0 Å². The number of likely N-dealkylation sites (tertiary alicyclic amines) is 1. The summed E-state index contributed by atoms with van der Waals surface area (Å²) in [5.74, 6) is -3.66. The van der Waals surface area contributed by atoms with Crippen LogP contribution in [0.5, 0.6) is 0 Å². The van der Waals surface area contributed by atoms with Gasteiger partial charge in [-0.15, -0.1) is 0 Å². The van der Waals surface area contributed by atoms with Gasteiger partial charge in [0.25, 0.3) is 0 Å². The number of hydrogen-bond acceptors (Lipinski definition) is 8. The molecule has 8 N–H and O–H groups in total. The third kappa shape index (κ3) is 7.46. The molecule has 0 aromatic carbocycles. The molecule has 4 amide bonds. The molecule has 182 valence electrons. The Morgan fingerprint density at radius 3 is 2.58 bits per heavy atom. The zero-order chi connectivity index (χ0) is 24.5. The average Bonchev–Trinajstić information content (AvgIpc) is 3.46. The molecule has 0 radical (unpaired) electrons. The predicted molar refractivity (Wildman–Crippen MR) is 119 cm³/mol. The number of thiol groups is 1. The summed E-state index contributed by atoms with van der Waals surface area (Å²) < 4.78 is 0. The molecule has 33 heavy (non-hydrogen) atoms. The van der Waals surface area contributed by atoms with E-state index in [4.69, 9.17) is 11.5 Å². The minimum absolute atomic E-state index is 0.00342. The summed E-state index contributed by atoms with van der Waals surface area (Å²) in [6.07, 6.45) is 3.41. The molecule has 1 saturated heterocycles. The summed E-state index contributed by atoms with van der Waals surface area (Å²) in [5, 5.41) is 14.3. The highest BCUT2D eigenvalue weighted by atomic mass is 32.1. The first-order chi connectivity index (χ1) is 15.6. The van der Waals surface area contributed by atoms with Crippen LogP contribution in [-0.4, -0.2) is 86.0 Å². The highest BCUT2D eigenvalue weighted by Crippen LogP contribution is 2.19. The first-order valence-electron chi connectivity index (χ1n) is 10.4. The Morgan fingerprint density at radius 2 is 2.00 bits per heavy atom. The highest BCUT2D eigenvalue weighted by molar-refractivity contribution is 7.80. The largest absolute Gasteiger partial charge is 0.480 e. The minimum atomic E-state index is -1.37. The first kappa shape index (κ1) is 26.1. The van der Waals surface area contributed by atoms with E-state index in [0.29, 0.717) is 25.1 Å². The van der Waals surface area contributed by atoms with E-state index in [1.807, 2.05) is 0 Å². The van der Waals surface area contributed by atoms with Crippen molar-refractivity contribution < 1.29 is 29.1 Å². The second-order valence-corrected chi connectivity index (χ2v) is 8.09. The lowest BCUT2D eigenvalue weighted by Crippen LogP contribution is -2.57. The van der Waals surface area contributed by atoms with Gasteiger partial charge in [0.15, 0.2) is 0 Å². The van der Waals surface area contributed by atoms with Crippen molar-refractivity contribution in [2.45, 2.75) is 56.3 Å². The van der Waals surface area contributed by atoms with Gasteiger partial charge in [-0.3, -0.25) is 19.2 Å². The van der Waals surface area contributed by atoms with Crippen molar-refractivity contribution in [1.82, 2.24) is 25.5 Å². The van der Waals surface area contributed by atoms with E-state index in [-0.39, 0.29) is 25.0 Å². The summed E-state index contributed by atoms with van der Waals surface area (Å²) in [6.45, 7) is 0.351. The van der Waals surface area contributed by atoms with Crippen molar-refractivity contribution >= 4 is 42.2 Å². The van der Waals surface area contributed by atoms with E-state index < -0.39 is 53.8 Å². The molecule has 1 aliphatic rings. The second-order valence-electron chi connectivity index (χ2n) is 7.73. The van der Waals surface area contributed by atoms with Crippen molar-refractivity contribution in [2.24, 2.45) is 11.5 Å². The van der Waals surface area contributed by atoms with Gasteiger partial charge in [0.05, 0.1) is 12.4 Å². The Kier molecular flexibility index (Phi) is 9.66. The van der Waals surface area contributed by atoms with Crippen LogP contribution in [0.1, 0.15) is 31.4 Å². The van der Waals surface area contributed by atoms with Crippen LogP contribution in [0.4, 0.5) is 0 Å². The molecular weight excluding hydrogens is 454 g/mol. The Hall–Kier alpha value is -3.13. The molecule has 1 aromatic rings. The molecule has 4 unspecified atom stereocenters. The van der Waals surface area contributed by atoms with Crippen LogP contribution in [-0.2, 0) is 30.4 Å². The maximum absolute atomic E-state index is 13.0. The lowest BCUT2D eigenvalue weighted by Gasteiger charge is -2.28. The number of carbonyl (C=O) groups is 5. The van der Waals surface area contributed by atoms with E-state index in [1.165, 1.54) is 17.4 Å². The Labute approximate surface area is 195 Å². The monoisotopic (exact) mass is 483 g/mol. The summed E-state index contributed by atoms with van der Waals surface area (Å²) >= 11 is 4.03. The van der Waals surface area contributed by atoms with Crippen molar-refractivity contribution in [3.63, 3.8) is 0 Å². The average molecular weight is 484 g/mol. The normalized spacial score (nSPS) is 18.2. The van der Waals surface area contributed by atoms with Gasteiger partial charge >= 0.3 is 5.97 Å². The van der Waals surface area contributed by atoms with Gasteiger partial charge in [-0.05, 0) is 19.3 Å². The first-order valence-corrected chi connectivity index (χ1v) is 11.0. The molecule has 1 aromatic heterocycles. The number of nitrogens with zero attached hydrogens (tertiary/aromatic N) is 2.